The Morgan fingerprint density at radius 2 is 1.82 bits per heavy atom. The van der Waals surface area contributed by atoms with Gasteiger partial charge in [-0.05, 0) is 43.0 Å². The minimum Gasteiger partial charge on any atom is -0.349 e. The number of nitrogens with zero attached hydrogens (tertiary/aromatic N) is 1. The summed E-state index contributed by atoms with van der Waals surface area (Å²) >= 11 is 3.37. The molecule has 0 aromatic heterocycles. The molecule has 3 rings (SSSR count). The van der Waals surface area contributed by atoms with Gasteiger partial charge in [0.05, 0.1) is 11.8 Å². The predicted molar refractivity (Wildman–Crippen MR) is 114 cm³/mol. The van der Waals surface area contributed by atoms with Crippen molar-refractivity contribution in [3.8, 4) is 0 Å². The largest absolute Gasteiger partial charge is 0.349 e. The van der Waals surface area contributed by atoms with Gasteiger partial charge in [-0.2, -0.15) is 0 Å². The standard InChI is InChI=1S/C21H25BrN2O3S/c1-16(18-7-3-2-4-8-18)23-21(25)19-10-12-24(13-11-19)28(26,27)15-17-6-5-9-20(22)14-17/h2-9,14,16,19H,10-13,15H2,1H3,(H,23,25)/t16-/m0/s1. The summed E-state index contributed by atoms with van der Waals surface area (Å²) in [6, 6.07) is 17.1. The molecule has 0 aliphatic carbocycles. The summed E-state index contributed by atoms with van der Waals surface area (Å²) in [7, 11) is -3.39. The van der Waals surface area contributed by atoms with E-state index in [1.54, 1.807) is 0 Å². The van der Waals surface area contributed by atoms with Crippen LogP contribution in [0.1, 0.15) is 36.9 Å². The second-order valence-corrected chi connectivity index (χ2v) is 10.1. The molecule has 1 aliphatic rings. The van der Waals surface area contributed by atoms with Crippen LogP contribution in [0.2, 0.25) is 0 Å². The summed E-state index contributed by atoms with van der Waals surface area (Å²) in [4.78, 5) is 12.6. The molecule has 1 fully saturated rings. The molecule has 0 bridgehead atoms. The van der Waals surface area contributed by atoms with E-state index in [4.69, 9.17) is 0 Å². The molecule has 7 heteroatoms. The molecule has 150 valence electrons. The lowest BCUT2D eigenvalue weighted by molar-refractivity contribution is -0.126. The molecule has 5 nitrogen and oxygen atoms in total. The number of halogens is 1. The lowest BCUT2D eigenvalue weighted by Crippen LogP contribution is -2.43. The van der Waals surface area contributed by atoms with Crippen LogP contribution < -0.4 is 5.32 Å². The van der Waals surface area contributed by atoms with Gasteiger partial charge in [-0.1, -0.05) is 58.4 Å². The van der Waals surface area contributed by atoms with E-state index in [1.165, 1.54) is 4.31 Å². The molecule has 0 radical (unpaired) electrons. The number of rotatable bonds is 6. The van der Waals surface area contributed by atoms with E-state index in [0.717, 1.165) is 15.6 Å². The highest BCUT2D eigenvalue weighted by atomic mass is 79.9. The van der Waals surface area contributed by atoms with Gasteiger partial charge in [-0.3, -0.25) is 4.79 Å². The second kappa shape index (κ2) is 9.20. The van der Waals surface area contributed by atoms with Gasteiger partial charge < -0.3 is 5.32 Å². The maximum atomic E-state index is 12.7. The van der Waals surface area contributed by atoms with Crippen LogP contribution in [0, 0.1) is 5.92 Å². The van der Waals surface area contributed by atoms with Crippen LogP contribution in [0.3, 0.4) is 0 Å². The first-order valence-corrected chi connectivity index (χ1v) is 11.8. The molecule has 0 spiro atoms. The van der Waals surface area contributed by atoms with Crippen molar-refractivity contribution < 1.29 is 13.2 Å². The van der Waals surface area contributed by atoms with E-state index in [9.17, 15) is 13.2 Å². The van der Waals surface area contributed by atoms with Gasteiger partial charge >= 0.3 is 0 Å². The molecule has 1 N–H and O–H groups in total. The van der Waals surface area contributed by atoms with Gasteiger partial charge in [0.2, 0.25) is 15.9 Å². The number of nitrogens with one attached hydrogen (secondary N) is 1. The molecule has 0 saturated carbocycles. The number of carbonyl (C=O) groups excluding carboxylic acids is 1. The molecule has 28 heavy (non-hydrogen) atoms. The first kappa shape index (κ1) is 21.0. The highest BCUT2D eigenvalue weighted by Crippen LogP contribution is 2.24. The molecule has 1 atom stereocenters. The van der Waals surface area contributed by atoms with Crippen molar-refractivity contribution in [3.05, 3.63) is 70.2 Å². The lowest BCUT2D eigenvalue weighted by Gasteiger charge is -2.31. The zero-order valence-electron chi connectivity index (χ0n) is 15.8. The van der Waals surface area contributed by atoms with E-state index in [1.807, 2.05) is 61.5 Å². The number of benzene rings is 2. The molecular weight excluding hydrogens is 440 g/mol. The molecule has 1 amide bonds. The van der Waals surface area contributed by atoms with E-state index in [2.05, 4.69) is 21.2 Å². The van der Waals surface area contributed by atoms with E-state index >= 15 is 0 Å². The summed E-state index contributed by atoms with van der Waals surface area (Å²) in [6.07, 6.45) is 1.09. The van der Waals surface area contributed by atoms with Crippen molar-refractivity contribution in [2.75, 3.05) is 13.1 Å². The fraction of sp³-hybridized carbons (Fsp3) is 0.381. The zero-order chi connectivity index (χ0) is 20.1. The predicted octanol–water partition coefficient (Wildman–Crippen LogP) is 3.87. The van der Waals surface area contributed by atoms with Gasteiger partial charge in [0.15, 0.2) is 0 Å². The van der Waals surface area contributed by atoms with Crippen molar-refractivity contribution in [3.63, 3.8) is 0 Å². The Labute approximate surface area is 175 Å². The number of hydrogen-bond donors (Lipinski definition) is 1. The SMILES string of the molecule is C[C@H](NC(=O)C1CCN(S(=O)(=O)Cc2cccc(Br)c2)CC1)c1ccccc1. The summed E-state index contributed by atoms with van der Waals surface area (Å²) in [5.74, 6) is -0.169. The van der Waals surface area contributed by atoms with Crippen LogP contribution in [-0.2, 0) is 20.6 Å². The quantitative estimate of drug-likeness (QED) is 0.705. The number of carbonyl (C=O) groups is 1. The molecule has 1 aliphatic heterocycles. The number of hydrogen-bond acceptors (Lipinski definition) is 3. The van der Waals surface area contributed by atoms with Gasteiger partial charge in [0, 0.05) is 23.5 Å². The van der Waals surface area contributed by atoms with E-state index < -0.39 is 10.0 Å². The second-order valence-electron chi connectivity index (χ2n) is 7.20. The van der Waals surface area contributed by atoms with Crippen molar-refractivity contribution in [1.29, 1.82) is 0 Å². The van der Waals surface area contributed by atoms with Crippen molar-refractivity contribution in [2.45, 2.75) is 31.6 Å². The topological polar surface area (TPSA) is 66.5 Å². The Morgan fingerprint density at radius 1 is 1.14 bits per heavy atom. The Balaban J connectivity index is 1.54. The van der Waals surface area contributed by atoms with Gasteiger partial charge in [-0.25, -0.2) is 12.7 Å². The fourth-order valence-corrected chi connectivity index (χ4v) is 5.48. The Bertz CT molecular complexity index is 910. The van der Waals surface area contributed by atoms with Crippen molar-refractivity contribution in [2.24, 2.45) is 5.92 Å². The Morgan fingerprint density at radius 3 is 2.46 bits per heavy atom. The van der Waals surface area contributed by atoms with E-state index in [-0.39, 0.29) is 23.6 Å². The van der Waals surface area contributed by atoms with Gasteiger partial charge in [0.25, 0.3) is 0 Å². The van der Waals surface area contributed by atoms with Crippen LogP contribution in [0.4, 0.5) is 0 Å². The summed E-state index contributed by atoms with van der Waals surface area (Å²) in [5, 5.41) is 3.05. The smallest absolute Gasteiger partial charge is 0.223 e. The highest BCUT2D eigenvalue weighted by Gasteiger charge is 2.31. The third kappa shape index (κ3) is 5.43. The van der Waals surface area contributed by atoms with Gasteiger partial charge in [0.1, 0.15) is 0 Å². The summed E-state index contributed by atoms with van der Waals surface area (Å²) in [5.41, 5.74) is 1.82. The zero-order valence-corrected chi connectivity index (χ0v) is 18.2. The third-order valence-corrected chi connectivity index (χ3v) is 7.46. The maximum absolute atomic E-state index is 12.7. The summed E-state index contributed by atoms with van der Waals surface area (Å²) in [6.45, 7) is 2.73. The molecule has 2 aromatic carbocycles. The highest BCUT2D eigenvalue weighted by molar-refractivity contribution is 9.10. The normalized spacial score (nSPS) is 17.2. The van der Waals surface area contributed by atoms with Crippen LogP contribution in [0.5, 0.6) is 0 Å². The maximum Gasteiger partial charge on any atom is 0.223 e. The van der Waals surface area contributed by atoms with Crippen LogP contribution in [0.15, 0.2) is 59.1 Å². The lowest BCUT2D eigenvalue weighted by atomic mass is 9.96. The Kier molecular flexibility index (Phi) is 6.91. The molecule has 0 unspecified atom stereocenters. The molecular formula is C21H25BrN2O3S. The van der Waals surface area contributed by atoms with E-state index in [0.29, 0.717) is 25.9 Å². The summed E-state index contributed by atoms with van der Waals surface area (Å²) < 4.78 is 27.8. The van der Waals surface area contributed by atoms with Crippen LogP contribution >= 0.6 is 15.9 Å². The monoisotopic (exact) mass is 464 g/mol. The van der Waals surface area contributed by atoms with Crippen LogP contribution in [0.25, 0.3) is 0 Å². The van der Waals surface area contributed by atoms with Crippen LogP contribution in [-0.4, -0.2) is 31.7 Å². The fourth-order valence-electron chi connectivity index (χ4n) is 3.48. The van der Waals surface area contributed by atoms with Gasteiger partial charge in [-0.15, -0.1) is 0 Å². The first-order valence-electron chi connectivity index (χ1n) is 9.43. The van der Waals surface area contributed by atoms with Crippen molar-refractivity contribution in [1.82, 2.24) is 9.62 Å². The number of piperidine rings is 1. The molecule has 2 aromatic rings. The van der Waals surface area contributed by atoms with Crippen molar-refractivity contribution >= 4 is 31.9 Å². The Hall–Kier alpha value is -1.70. The third-order valence-electron chi connectivity index (χ3n) is 5.11. The minimum atomic E-state index is -3.39. The number of amides is 1. The average molecular weight is 465 g/mol. The average Bonchev–Trinajstić information content (AvgIpc) is 2.68. The minimum absolute atomic E-state index is 0.000362. The number of sulfonamides is 1. The first-order chi connectivity index (χ1) is 13.3. The molecule has 1 heterocycles. The molecule has 1 saturated heterocycles.